The van der Waals surface area contributed by atoms with Crippen LogP contribution in [-0.4, -0.2) is 90.2 Å². The summed E-state index contributed by atoms with van der Waals surface area (Å²) in [5, 5.41) is 9.95. The number of amides is 2. The van der Waals surface area contributed by atoms with Gasteiger partial charge < -0.3 is 25.0 Å². The molecule has 2 bridgehead atoms. The highest BCUT2D eigenvalue weighted by molar-refractivity contribution is 5.92. The molecule has 3 aliphatic heterocycles. The van der Waals surface area contributed by atoms with Gasteiger partial charge in [-0.2, -0.15) is 0 Å². The first-order valence-corrected chi connectivity index (χ1v) is 11.4. The fraction of sp³-hybridized carbons (Fsp3) is 0.652. The van der Waals surface area contributed by atoms with Gasteiger partial charge in [0.15, 0.2) is 0 Å². The van der Waals surface area contributed by atoms with Gasteiger partial charge in [-0.3, -0.25) is 19.4 Å². The van der Waals surface area contributed by atoms with Crippen molar-refractivity contribution < 1.29 is 24.2 Å². The Morgan fingerprint density at radius 3 is 2.84 bits per heavy atom. The molecule has 9 heteroatoms. The number of piperidine rings is 3. The molecule has 4 rings (SSSR count). The standard InChI is InChI=1S/C22H32N4O3.CH2O2/c1-29-11-5-10-25-14-16-12-17(15-25)20(26-19(16)7-4-8-21(26)27)13-24-22(28)18-6-2-3-9-23-18;2-1-3/h2-3,6,9,16-17,19-20H,4-5,7-8,10-15H2,1H3,(H,24,28);1H,(H,2,3)/t16-,17+,19+,20+;/m1./s1. The van der Waals surface area contributed by atoms with Crippen LogP contribution in [0.2, 0.25) is 0 Å². The van der Waals surface area contributed by atoms with Gasteiger partial charge in [0.1, 0.15) is 5.69 Å². The molecule has 0 spiro atoms. The molecule has 4 heterocycles. The SMILES string of the molecule is COCCCN1C[C@H]2C[C@@H](C1)[C@H](CNC(=O)c1ccccn1)N1C(=O)CCC[C@@H]21.O=CO. The lowest BCUT2D eigenvalue weighted by Crippen LogP contribution is -2.67. The van der Waals surface area contributed by atoms with Crippen LogP contribution < -0.4 is 5.32 Å². The molecule has 0 saturated carbocycles. The number of nitrogens with one attached hydrogen (secondary N) is 1. The zero-order chi connectivity index (χ0) is 22.9. The van der Waals surface area contributed by atoms with Crippen molar-refractivity contribution in [2.75, 3.05) is 39.9 Å². The first kappa shape index (κ1) is 24.1. The number of nitrogens with zero attached hydrogens (tertiary/aromatic N) is 3. The number of carbonyl (C=O) groups is 3. The number of carbonyl (C=O) groups excluding carboxylic acids is 2. The van der Waals surface area contributed by atoms with E-state index in [0.717, 1.165) is 51.9 Å². The van der Waals surface area contributed by atoms with E-state index < -0.39 is 0 Å². The van der Waals surface area contributed by atoms with Crippen LogP contribution in [0.5, 0.6) is 0 Å². The maximum atomic E-state index is 12.8. The zero-order valence-corrected chi connectivity index (χ0v) is 18.7. The summed E-state index contributed by atoms with van der Waals surface area (Å²) < 4.78 is 5.22. The highest BCUT2D eigenvalue weighted by atomic mass is 16.5. The second-order valence-electron chi connectivity index (χ2n) is 8.72. The van der Waals surface area contributed by atoms with E-state index in [1.54, 1.807) is 25.4 Å². The third kappa shape index (κ3) is 5.83. The fourth-order valence-electron chi connectivity index (χ4n) is 5.53. The molecule has 1 aromatic heterocycles. The van der Waals surface area contributed by atoms with E-state index in [1.807, 2.05) is 6.07 Å². The number of likely N-dealkylation sites (tertiary alicyclic amines) is 1. The zero-order valence-electron chi connectivity index (χ0n) is 18.7. The fourth-order valence-corrected chi connectivity index (χ4v) is 5.53. The summed E-state index contributed by atoms with van der Waals surface area (Å²) in [6.45, 7) is 4.13. The molecule has 4 atom stereocenters. The summed E-state index contributed by atoms with van der Waals surface area (Å²) in [5.41, 5.74) is 0.424. The van der Waals surface area contributed by atoms with Gasteiger partial charge in [-0.05, 0) is 49.7 Å². The van der Waals surface area contributed by atoms with Crippen LogP contribution in [0.25, 0.3) is 0 Å². The summed E-state index contributed by atoms with van der Waals surface area (Å²) in [7, 11) is 1.75. The lowest BCUT2D eigenvalue weighted by Gasteiger charge is -2.56. The van der Waals surface area contributed by atoms with Gasteiger partial charge in [0.25, 0.3) is 12.4 Å². The van der Waals surface area contributed by atoms with Crippen molar-refractivity contribution in [3.05, 3.63) is 30.1 Å². The quantitative estimate of drug-likeness (QED) is 0.479. The number of hydrogen-bond donors (Lipinski definition) is 2. The summed E-state index contributed by atoms with van der Waals surface area (Å²) in [4.78, 5) is 42.6. The van der Waals surface area contributed by atoms with Gasteiger partial charge in [0.2, 0.25) is 5.91 Å². The maximum Gasteiger partial charge on any atom is 0.290 e. The van der Waals surface area contributed by atoms with E-state index in [-0.39, 0.29) is 24.3 Å². The van der Waals surface area contributed by atoms with E-state index >= 15 is 0 Å². The molecule has 2 N–H and O–H groups in total. The van der Waals surface area contributed by atoms with Gasteiger partial charge >= 0.3 is 0 Å². The second-order valence-corrected chi connectivity index (χ2v) is 8.72. The van der Waals surface area contributed by atoms with Gasteiger partial charge in [-0.15, -0.1) is 0 Å². The van der Waals surface area contributed by atoms with Gasteiger partial charge in [-0.25, -0.2) is 0 Å². The molecule has 0 aliphatic carbocycles. The number of carboxylic acid groups (broad SMARTS) is 1. The number of aromatic nitrogens is 1. The lowest BCUT2D eigenvalue weighted by atomic mass is 9.72. The van der Waals surface area contributed by atoms with E-state index in [2.05, 4.69) is 20.1 Å². The van der Waals surface area contributed by atoms with Crippen LogP contribution in [-0.2, 0) is 14.3 Å². The average molecular weight is 447 g/mol. The van der Waals surface area contributed by atoms with Crippen LogP contribution in [0.15, 0.2) is 24.4 Å². The van der Waals surface area contributed by atoms with Crippen molar-refractivity contribution in [2.45, 2.75) is 44.2 Å². The van der Waals surface area contributed by atoms with E-state index in [9.17, 15) is 9.59 Å². The molecule has 176 valence electrons. The van der Waals surface area contributed by atoms with Crippen molar-refractivity contribution in [3.63, 3.8) is 0 Å². The minimum absolute atomic E-state index is 0.0712. The Balaban J connectivity index is 0.000000913. The van der Waals surface area contributed by atoms with Crippen molar-refractivity contribution in [3.8, 4) is 0 Å². The Bertz CT molecular complexity index is 762. The van der Waals surface area contributed by atoms with Crippen molar-refractivity contribution in [1.29, 1.82) is 0 Å². The van der Waals surface area contributed by atoms with Crippen LogP contribution >= 0.6 is 0 Å². The third-order valence-electron chi connectivity index (χ3n) is 6.76. The molecule has 3 fully saturated rings. The largest absolute Gasteiger partial charge is 0.483 e. The molecule has 3 aliphatic rings. The van der Waals surface area contributed by atoms with E-state index in [1.165, 1.54) is 0 Å². The van der Waals surface area contributed by atoms with Crippen LogP contribution in [0.1, 0.15) is 42.6 Å². The Labute approximate surface area is 189 Å². The van der Waals surface area contributed by atoms with Gasteiger partial charge in [0, 0.05) is 58.6 Å². The summed E-state index contributed by atoms with van der Waals surface area (Å²) in [6, 6.07) is 5.72. The summed E-state index contributed by atoms with van der Waals surface area (Å²) in [5.74, 6) is 1.05. The van der Waals surface area contributed by atoms with Crippen LogP contribution in [0.4, 0.5) is 0 Å². The van der Waals surface area contributed by atoms with Gasteiger partial charge in [0.05, 0.1) is 6.04 Å². The number of rotatable bonds is 7. The normalized spacial score (nSPS) is 27.0. The number of ether oxygens (including phenoxy) is 1. The first-order valence-electron chi connectivity index (χ1n) is 11.4. The second kappa shape index (κ2) is 11.9. The Kier molecular flexibility index (Phi) is 8.99. The Morgan fingerprint density at radius 2 is 2.12 bits per heavy atom. The molecular weight excluding hydrogens is 412 g/mol. The van der Waals surface area contributed by atoms with E-state index in [0.29, 0.717) is 36.5 Å². The molecule has 1 aromatic rings. The predicted molar refractivity (Wildman–Crippen MR) is 118 cm³/mol. The molecule has 3 saturated heterocycles. The molecular formula is C23H34N4O5. The third-order valence-corrected chi connectivity index (χ3v) is 6.76. The average Bonchev–Trinajstić information content (AvgIpc) is 2.80. The van der Waals surface area contributed by atoms with Crippen molar-refractivity contribution in [1.82, 2.24) is 20.1 Å². The highest BCUT2D eigenvalue weighted by Gasteiger charge is 2.49. The number of pyridine rings is 1. The van der Waals surface area contributed by atoms with Crippen LogP contribution in [0.3, 0.4) is 0 Å². The minimum atomic E-state index is -0.250. The number of hydrogen-bond acceptors (Lipinski definition) is 6. The van der Waals surface area contributed by atoms with Crippen molar-refractivity contribution in [2.24, 2.45) is 11.8 Å². The maximum absolute atomic E-state index is 12.8. The topological polar surface area (TPSA) is 112 Å². The molecule has 32 heavy (non-hydrogen) atoms. The number of methoxy groups -OCH3 is 1. The van der Waals surface area contributed by atoms with Gasteiger partial charge in [-0.1, -0.05) is 6.07 Å². The molecule has 0 aromatic carbocycles. The lowest BCUT2D eigenvalue weighted by molar-refractivity contribution is -0.152. The monoisotopic (exact) mass is 446 g/mol. The van der Waals surface area contributed by atoms with E-state index in [4.69, 9.17) is 14.6 Å². The number of fused-ring (bicyclic) bond motifs is 4. The Morgan fingerprint density at radius 1 is 1.34 bits per heavy atom. The first-order chi connectivity index (χ1) is 15.6. The Hall–Kier alpha value is -2.52. The summed E-state index contributed by atoms with van der Waals surface area (Å²) in [6.07, 6.45) is 6.52. The molecule has 9 nitrogen and oxygen atoms in total. The van der Waals surface area contributed by atoms with Crippen molar-refractivity contribution >= 4 is 18.3 Å². The highest BCUT2D eigenvalue weighted by Crippen LogP contribution is 2.41. The predicted octanol–water partition coefficient (Wildman–Crippen LogP) is 1.25. The van der Waals surface area contributed by atoms with Crippen LogP contribution in [0, 0.1) is 11.8 Å². The molecule has 0 radical (unpaired) electrons. The molecule has 2 amide bonds. The molecule has 0 unspecified atom stereocenters. The summed E-state index contributed by atoms with van der Waals surface area (Å²) >= 11 is 0. The smallest absolute Gasteiger partial charge is 0.290 e. The minimum Gasteiger partial charge on any atom is -0.483 e.